The highest BCUT2D eigenvalue weighted by molar-refractivity contribution is 6.88. The van der Waals surface area contributed by atoms with Gasteiger partial charge in [-0.15, -0.1) is 0 Å². The maximum Gasteiger partial charge on any atom is 0.245 e. The number of benzene rings is 2. The van der Waals surface area contributed by atoms with Crippen LogP contribution in [0.1, 0.15) is 17.2 Å². The first-order valence-corrected chi connectivity index (χ1v) is 11.8. The van der Waals surface area contributed by atoms with Crippen molar-refractivity contribution in [1.82, 2.24) is 0 Å². The predicted octanol–water partition coefficient (Wildman–Crippen LogP) is 3.29. The summed E-state index contributed by atoms with van der Waals surface area (Å²) in [6, 6.07) is 8.42. The van der Waals surface area contributed by atoms with Gasteiger partial charge in [-0.2, -0.15) is 0 Å². The number of hydrogen-bond acceptors (Lipinski definition) is 3. The standard InChI is InChI=1S/C19H24F2N2O2Si/c1-25-11-12-5-7-13(8-6-12)17(22)19(24)23-14-9-15(20)18(16(21)10-14)26(2,3)4/h5-10,17H,11,22H2,1-4H3,(H,23,24)/t17-/m1/s1. The summed E-state index contributed by atoms with van der Waals surface area (Å²) in [6.07, 6.45) is 0. The summed E-state index contributed by atoms with van der Waals surface area (Å²) < 4.78 is 33.6. The minimum Gasteiger partial charge on any atom is -0.380 e. The minimum absolute atomic E-state index is 0.0541. The van der Waals surface area contributed by atoms with Crippen LogP contribution >= 0.6 is 0 Å². The molecule has 0 aliphatic heterocycles. The molecule has 0 saturated heterocycles. The van der Waals surface area contributed by atoms with Crippen LogP contribution in [0.3, 0.4) is 0 Å². The zero-order valence-corrected chi connectivity index (χ0v) is 16.4. The van der Waals surface area contributed by atoms with E-state index in [4.69, 9.17) is 10.5 Å². The van der Waals surface area contributed by atoms with Gasteiger partial charge in [0.25, 0.3) is 0 Å². The molecule has 0 bridgehead atoms. The molecule has 1 atom stereocenters. The lowest BCUT2D eigenvalue weighted by Crippen LogP contribution is -2.42. The van der Waals surface area contributed by atoms with Gasteiger partial charge in [0, 0.05) is 18.0 Å². The van der Waals surface area contributed by atoms with Gasteiger partial charge in [-0.25, -0.2) is 8.78 Å². The molecule has 3 N–H and O–H groups in total. The molecule has 0 heterocycles. The van der Waals surface area contributed by atoms with Crippen molar-refractivity contribution >= 4 is 24.9 Å². The summed E-state index contributed by atoms with van der Waals surface area (Å²) in [6.45, 7) is 6.03. The Hall–Kier alpha value is -2.09. The molecule has 7 heteroatoms. The van der Waals surface area contributed by atoms with E-state index in [1.54, 1.807) is 19.2 Å². The Bertz CT molecular complexity index is 766. The first-order valence-electron chi connectivity index (χ1n) is 8.27. The van der Waals surface area contributed by atoms with E-state index in [9.17, 15) is 13.6 Å². The van der Waals surface area contributed by atoms with E-state index in [2.05, 4.69) is 5.32 Å². The first kappa shape index (κ1) is 20.2. The third-order valence-electron chi connectivity index (χ3n) is 3.99. The zero-order chi connectivity index (χ0) is 19.5. The van der Waals surface area contributed by atoms with E-state index in [-0.39, 0.29) is 10.9 Å². The molecule has 0 radical (unpaired) electrons. The third kappa shape index (κ3) is 4.75. The molecule has 0 aromatic heterocycles. The van der Waals surface area contributed by atoms with Gasteiger partial charge in [-0.3, -0.25) is 4.79 Å². The van der Waals surface area contributed by atoms with Crippen molar-refractivity contribution in [2.75, 3.05) is 12.4 Å². The van der Waals surface area contributed by atoms with Gasteiger partial charge in [0.2, 0.25) is 5.91 Å². The zero-order valence-electron chi connectivity index (χ0n) is 15.4. The Labute approximate surface area is 153 Å². The number of methoxy groups -OCH3 is 1. The molecule has 2 rings (SSSR count). The van der Waals surface area contributed by atoms with E-state index in [1.807, 2.05) is 31.8 Å². The van der Waals surface area contributed by atoms with Crippen molar-refractivity contribution in [3.63, 3.8) is 0 Å². The average molecular weight is 378 g/mol. The normalized spacial score (nSPS) is 12.7. The molecule has 140 valence electrons. The number of amides is 1. The molecule has 0 fully saturated rings. The lowest BCUT2D eigenvalue weighted by molar-refractivity contribution is -0.117. The van der Waals surface area contributed by atoms with Crippen molar-refractivity contribution in [2.45, 2.75) is 32.3 Å². The number of anilines is 1. The van der Waals surface area contributed by atoms with Gasteiger partial charge >= 0.3 is 0 Å². The van der Waals surface area contributed by atoms with E-state index >= 15 is 0 Å². The number of nitrogens with two attached hydrogens (primary N) is 1. The number of rotatable bonds is 6. The SMILES string of the molecule is COCc1ccc([C@@H](N)C(=O)Nc2cc(F)c([Si](C)(C)C)c(F)c2)cc1. The van der Waals surface area contributed by atoms with Crippen LogP contribution in [0.2, 0.25) is 19.6 Å². The van der Waals surface area contributed by atoms with Gasteiger partial charge in [0.1, 0.15) is 17.7 Å². The Morgan fingerprint density at radius 3 is 2.15 bits per heavy atom. The lowest BCUT2D eigenvalue weighted by Gasteiger charge is -2.20. The number of carbonyl (C=O) groups is 1. The second-order valence-electron chi connectivity index (χ2n) is 7.21. The van der Waals surface area contributed by atoms with Crippen LogP contribution in [0.5, 0.6) is 0 Å². The molecule has 2 aromatic carbocycles. The Kier molecular flexibility index (Phi) is 6.28. The van der Waals surface area contributed by atoms with E-state index in [0.29, 0.717) is 12.2 Å². The topological polar surface area (TPSA) is 64.3 Å². The molecule has 0 saturated carbocycles. The molecule has 4 nitrogen and oxygen atoms in total. The van der Waals surface area contributed by atoms with E-state index < -0.39 is 31.7 Å². The summed E-state index contributed by atoms with van der Waals surface area (Å²) in [5.74, 6) is -1.82. The quantitative estimate of drug-likeness (QED) is 0.758. The summed E-state index contributed by atoms with van der Waals surface area (Å²) in [5.41, 5.74) is 7.57. The highest BCUT2D eigenvalue weighted by atomic mass is 28.3. The van der Waals surface area contributed by atoms with Crippen LogP contribution in [0.25, 0.3) is 0 Å². The average Bonchev–Trinajstić information content (AvgIpc) is 2.53. The highest BCUT2D eigenvalue weighted by Crippen LogP contribution is 2.19. The van der Waals surface area contributed by atoms with Crippen molar-refractivity contribution < 1.29 is 18.3 Å². The van der Waals surface area contributed by atoms with E-state index in [0.717, 1.165) is 17.7 Å². The number of ether oxygens (including phenoxy) is 1. The molecule has 0 aliphatic rings. The summed E-state index contributed by atoms with van der Waals surface area (Å²) in [7, 11) is -0.574. The van der Waals surface area contributed by atoms with Crippen molar-refractivity contribution in [1.29, 1.82) is 0 Å². The van der Waals surface area contributed by atoms with Crippen molar-refractivity contribution in [3.05, 3.63) is 59.2 Å². The van der Waals surface area contributed by atoms with Gasteiger partial charge in [-0.1, -0.05) is 43.9 Å². The smallest absolute Gasteiger partial charge is 0.245 e. The Morgan fingerprint density at radius 1 is 1.15 bits per heavy atom. The number of halogens is 2. The van der Waals surface area contributed by atoms with Gasteiger partial charge < -0.3 is 15.8 Å². The summed E-state index contributed by atoms with van der Waals surface area (Å²) in [5, 5.41) is 2.61. The fraction of sp³-hybridized carbons (Fsp3) is 0.316. The Balaban J connectivity index is 2.16. The molecule has 1 amide bonds. The highest BCUT2D eigenvalue weighted by Gasteiger charge is 2.26. The van der Waals surface area contributed by atoms with Crippen LogP contribution in [-0.2, 0) is 16.1 Å². The van der Waals surface area contributed by atoms with Crippen LogP contribution in [0.4, 0.5) is 14.5 Å². The monoisotopic (exact) mass is 378 g/mol. The molecule has 0 aliphatic carbocycles. The van der Waals surface area contributed by atoms with Gasteiger partial charge in [-0.05, 0) is 23.3 Å². The molecular weight excluding hydrogens is 354 g/mol. The lowest BCUT2D eigenvalue weighted by atomic mass is 10.0. The minimum atomic E-state index is -2.17. The second-order valence-corrected chi connectivity index (χ2v) is 12.2. The number of hydrogen-bond donors (Lipinski definition) is 2. The van der Waals surface area contributed by atoms with Crippen molar-refractivity contribution in [2.24, 2.45) is 5.73 Å². The second kappa shape index (κ2) is 8.07. The van der Waals surface area contributed by atoms with Crippen molar-refractivity contribution in [3.8, 4) is 0 Å². The van der Waals surface area contributed by atoms with E-state index in [1.165, 1.54) is 0 Å². The van der Waals surface area contributed by atoms with Crippen LogP contribution in [-0.4, -0.2) is 21.1 Å². The molecule has 0 unspecified atom stereocenters. The fourth-order valence-corrected chi connectivity index (χ4v) is 4.30. The summed E-state index contributed by atoms with van der Waals surface area (Å²) in [4.78, 5) is 12.3. The van der Waals surface area contributed by atoms with Gasteiger partial charge in [0.05, 0.1) is 14.7 Å². The van der Waals surface area contributed by atoms with Crippen LogP contribution in [0, 0.1) is 11.6 Å². The molecule has 0 spiro atoms. The summed E-state index contributed by atoms with van der Waals surface area (Å²) >= 11 is 0. The largest absolute Gasteiger partial charge is 0.380 e. The first-order chi connectivity index (χ1) is 12.1. The maximum atomic E-state index is 14.3. The third-order valence-corrected chi connectivity index (χ3v) is 5.97. The fourth-order valence-electron chi connectivity index (χ4n) is 2.72. The van der Waals surface area contributed by atoms with Crippen LogP contribution in [0.15, 0.2) is 36.4 Å². The molecule has 2 aromatic rings. The Morgan fingerprint density at radius 2 is 1.69 bits per heavy atom. The number of nitrogens with one attached hydrogen (secondary N) is 1. The molecule has 26 heavy (non-hydrogen) atoms. The van der Waals surface area contributed by atoms with Crippen LogP contribution < -0.4 is 16.2 Å². The molecular formula is C19H24F2N2O2Si. The maximum absolute atomic E-state index is 14.3. The predicted molar refractivity (Wildman–Crippen MR) is 102 cm³/mol. The van der Waals surface area contributed by atoms with Gasteiger partial charge in [0.15, 0.2) is 0 Å². The number of carbonyl (C=O) groups excluding carboxylic acids is 1.